The number of aromatic nitrogens is 3. The van der Waals surface area contributed by atoms with Gasteiger partial charge in [-0.15, -0.1) is 0 Å². The molecule has 0 saturated carbocycles. The lowest BCUT2D eigenvalue weighted by Crippen LogP contribution is -2.04. The lowest BCUT2D eigenvalue weighted by atomic mass is 10.1. The van der Waals surface area contributed by atoms with Gasteiger partial charge in [0.2, 0.25) is 5.88 Å². The lowest BCUT2D eigenvalue weighted by molar-refractivity contribution is -0.137. The number of ether oxygens (including phenoxy) is 1. The van der Waals surface area contributed by atoms with E-state index in [9.17, 15) is 13.2 Å². The van der Waals surface area contributed by atoms with Crippen molar-refractivity contribution in [2.45, 2.75) is 6.18 Å². The van der Waals surface area contributed by atoms with Gasteiger partial charge in [-0.2, -0.15) is 13.2 Å². The first-order valence-corrected chi connectivity index (χ1v) is 8.11. The van der Waals surface area contributed by atoms with Crippen LogP contribution in [0.3, 0.4) is 0 Å². The molecule has 0 spiro atoms. The second-order valence-electron chi connectivity index (χ2n) is 5.92. The molecule has 0 aliphatic rings. The Morgan fingerprint density at radius 1 is 0.963 bits per heavy atom. The number of rotatable bonds is 3. The molecule has 0 unspecified atom stereocenters. The molecule has 7 heteroatoms. The van der Waals surface area contributed by atoms with Crippen molar-refractivity contribution in [3.05, 3.63) is 72.7 Å². The number of fused-ring (bicyclic) bond motifs is 1. The highest BCUT2D eigenvalue weighted by Gasteiger charge is 2.30. The summed E-state index contributed by atoms with van der Waals surface area (Å²) in [6.45, 7) is 0. The maximum Gasteiger partial charge on any atom is 0.416 e. The summed E-state index contributed by atoms with van der Waals surface area (Å²) in [5.74, 6) is 0.479. The molecule has 136 valence electrons. The van der Waals surface area contributed by atoms with Crippen LogP contribution in [0.1, 0.15) is 5.56 Å². The molecule has 0 aliphatic heterocycles. The Morgan fingerprint density at radius 2 is 1.74 bits per heavy atom. The van der Waals surface area contributed by atoms with E-state index in [2.05, 4.69) is 9.97 Å². The first kappa shape index (κ1) is 17.1. The van der Waals surface area contributed by atoms with Crippen molar-refractivity contribution in [2.24, 2.45) is 0 Å². The summed E-state index contributed by atoms with van der Waals surface area (Å²) in [4.78, 5) is 8.52. The van der Waals surface area contributed by atoms with Crippen LogP contribution in [0.2, 0.25) is 0 Å². The molecule has 27 heavy (non-hydrogen) atoms. The molecular weight excluding hydrogens is 355 g/mol. The van der Waals surface area contributed by atoms with Crippen molar-refractivity contribution < 1.29 is 17.9 Å². The fraction of sp³-hybridized carbons (Fsp3) is 0.100. The summed E-state index contributed by atoms with van der Waals surface area (Å²) in [6, 6.07) is 12.4. The van der Waals surface area contributed by atoms with E-state index in [4.69, 9.17) is 4.74 Å². The van der Waals surface area contributed by atoms with Gasteiger partial charge in [0, 0.05) is 41.3 Å². The standard InChI is InChI=1S/C20H14F3N3O/c1-27-18-11-13(8-10-24-18)17-12-26(19-16(17)3-2-9-25-19)15-6-4-14(5-7-15)20(21,22)23/h2-12H,1H3. The van der Waals surface area contributed by atoms with Crippen molar-refractivity contribution in [3.63, 3.8) is 0 Å². The zero-order valence-electron chi connectivity index (χ0n) is 14.2. The van der Waals surface area contributed by atoms with Gasteiger partial charge in [0.25, 0.3) is 0 Å². The summed E-state index contributed by atoms with van der Waals surface area (Å²) in [7, 11) is 1.54. The summed E-state index contributed by atoms with van der Waals surface area (Å²) >= 11 is 0. The normalized spacial score (nSPS) is 11.7. The minimum absolute atomic E-state index is 0.479. The molecule has 3 heterocycles. The quantitative estimate of drug-likeness (QED) is 0.504. The van der Waals surface area contributed by atoms with E-state index in [0.29, 0.717) is 17.2 Å². The number of hydrogen-bond acceptors (Lipinski definition) is 3. The highest BCUT2D eigenvalue weighted by molar-refractivity contribution is 5.95. The minimum Gasteiger partial charge on any atom is -0.481 e. The topological polar surface area (TPSA) is 39.9 Å². The van der Waals surface area contributed by atoms with Crippen molar-refractivity contribution in [2.75, 3.05) is 7.11 Å². The third kappa shape index (κ3) is 3.12. The zero-order chi connectivity index (χ0) is 19.0. The lowest BCUT2D eigenvalue weighted by Gasteiger charge is -2.09. The molecule has 0 aliphatic carbocycles. The Morgan fingerprint density at radius 3 is 2.44 bits per heavy atom. The summed E-state index contributed by atoms with van der Waals surface area (Å²) in [6.07, 6.45) is 0.787. The second kappa shape index (κ2) is 6.42. The molecule has 0 atom stereocenters. The van der Waals surface area contributed by atoms with Gasteiger partial charge in [0.05, 0.1) is 12.7 Å². The molecule has 0 N–H and O–H groups in total. The van der Waals surface area contributed by atoms with Crippen molar-refractivity contribution >= 4 is 11.0 Å². The van der Waals surface area contributed by atoms with E-state index >= 15 is 0 Å². The fourth-order valence-electron chi connectivity index (χ4n) is 2.99. The maximum absolute atomic E-state index is 12.8. The second-order valence-corrected chi connectivity index (χ2v) is 5.92. The van der Waals surface area contributed by atoms with Gasteiger partial charge in [-0.1, -0.05) is 0 Å². The molecule has 4 nitrogen and oxygen atoms in total. The smallest absolute Gasteiger partial charge is 0.416 e. The largest absolute Gasteiger partial charge is 0.481 e. The highest BCUT2D eigenvalue weighted by Crippen LogP contribution is 2.34. The fourth-order valence-corrected chi connectivity index (χ4v) is 2.99. The number of benzene rings is 1. The van der Waals surface area contributed by atoms with Gasteiger partial charge in [0.1, 0.15) is 5.65 Å². The molecule has 0 amide bonds. The first-order valence-electron chi connectivity index (χ1n) is 8.11. The number of methoxy groups -OCH3 is 1. The van der Waals surface area contributed by atoms with Crippen LogP contribution < -0.4 is 4.74 Å². The van der Waals surface area contributed by atoms with Crippen LogP contribution in [-0.2, 0) is 6.18 Å². The predicted octanol–water partition coefficient (Wildman–Crippen LogP) is 5.11. The average Bonchev–Trinajstić information content (AvgIpc) is 3.07. The summed E-state index contributed by atoms with van der Waals surface area (Å²) in [5, 5.41) is 0.880. The summed E-state index contributed by atoms with van der Waals surface area (Å²) in [5.41, 5.74) is 2.33. The Labute approximate surface area is 152 Å². The number of halogens is 3. The third-order valence-electron chi connectivity index (χ3n) is 4.29. The monoisotopic (exact) mass is 369 g/mol. The van der Waals surface area contributed by atoms with E-state index in [1.54, 1.807) is 30.1 Å². The van der Waals surface area contributed by atoms with Gasteiger partial charge < -0.3 is 9.30 Å². The molecule has 4 aromatic rings. The molecule has 0 fully saturated rings. The molecule has 3 aromatic heterocycles. The van der Waals surface area contributed by atoms with Crippen LogP contribution >= 0.6 is 0 Å². The SMILES string of the molecule is COc1cc(-c2cn(-c3ccc(C(F)(F)F)cc3)c3ncccc23)ccn1. The zero-order valence-corrected chi connectivity index (χ0v) is 14.2. The van der Waals surface area contributed by atoms with Gasteiger partial charge in [0.15, 0.2) is 0 Å². The van der Waals surface area contributed by atoms with Gasteiger partial charge in [-0.3, -0.25) is 0 Å². The van der Waals surface area contributed by atoms with Gasteiger partial charge >= 0.3 is 6.18 Å². The van der Waals surface area contributed by atoms with Crippen molar-refractivity contribution in [1.29, 1.82) is 0 Å². The van der Waals surface area contributed by atoms with Gasteiger partial charge in [-0.05, 0) is 48.0 Å². The molecular formula is C20H14F3N3O. The van der Waals surface area contributed by atoms with E-state index in [1.807, 2.05) is 24.4 Å². The van der Waals surface area contributed by atoms with Crippen LogP contribution in [0.5, 0.6) is 5.88 Å². The molecule has 4 rings (SSSR count). The van der Waals surface area contributed by atoms with Crippen LogP contribution in [0, 0.1) is 0 Å². The molecule has 1 aromatic carbocycles. The third-order valence-corrected chi connectivity index (χ3v) is 4.29. The Bertz CT molecular complexity index is 1100. The minimum atomic E-state index is -4.37. The maximum atomic E-state index is 12.8. The van der Waals surface area contributed by atoms with Crippen LogP contribution in [0.4, 0.5) is 13.2 Å². The van der Waals surface area contributed by atoms with Crippen LogP contribution in [0.15, 0.2) is 67.1 Å². The summed E-state index contributed by atoms with van der Waals surface area (Å²) < 4.78 is 45.5. The first-order chi connectivity index (χ1) is 13.0. The van der Waals surface area contributed by atoms with Gasteiger partial charge in [-0.25, -0.2) is 9.97 Å². The Balaban J connectivity index is 1.87. The average molecular weight is 369 g/mol. The number of hydrogen-bond donors (Lipinski definition) is 0. The molecule has 0 radical (unpaired) electrons. The van der Waals surface area contributed by atoms with E-state index in [-0.39, 0.29) is 0 Å². The highest BCUT2D eigenvalue weighted by atomic mass is 19.4. The van der Waals surface area contributed by atoms with Crippen molar-refractivity contribution in [1.82, 2.24) is 14.5 Å². The van der Waals surface area contributed by atoms with E-state index in [1.165, 1.54) is 12.1 Å². The van der Waals surface area contributed by atoms with Crippen molar-refractivity contribution in [3.8, 4) is 22.7 Å². The Hall–Kier alpha value is -3.35. The number of alkyl halides is 3. The van der Waals surface area contributed by atoms with Crippen LogP contribution in [-0.4, -0.2) is 21.6 Å². The molecule has 0 bridgehead atoms. The Kier molecular flexibility index (Phi) is 4.07. The van der Waals surface area contributed by atoms with E-state index in [0.717, 1.165) is 28.6 Å². The number of pyridine rings is 2. The predicted molar refractivity (Wildman–Crippen MR) is 95.9 cm³/mol. The number of nitrogens with zero attached hydrogens (tertiary/aromatic N) is 3. The van der Waals surface area contributed by atoms with E-state index < -0.39 is 11.7 Å². The molecule has 0 saturated heterocycles. The van der Waals surface area contributed by atoms with Crippen LogP contribution in [0.25, 0.3) is 27.8 Å².